The molecule has 0 aliphatic carbocycles. The van der Waals surface area contributed by atoms with E-state index in [0.29, 0.717) is 12.2 Å². The quantitative estimate of drug-likeness (QED) is 0.692. The molecule has 0 bridgehead atoms. The first-order chi connectivity index (χ1) is 11.0. The molecule has 0 radical (unpaired) electrons. The number of H-pyrrole nitrogens is 1. The average Bonchev–Trinajstić information content (AvgIpc) is 3.11. The molecular formula is C16H20N6O. The van der Waals surface area contributed by atoms with Gasteiger partial charge in [0.25, 0.3) is 0 Å². The SMILES string of the molecule is Cc1cc(C)n([C@H](C)CNC(=O)Nc2cccc3cn[nH]c23)n1. The van der Waals surface area contributed by atoms with Crippen LogP contribution in [0.5, 0.6) is 0 Å². The lowest BCUT2D eigenvalue weighted by Crippen LogP contribution is -2.33. The topological polar surface area (TPSA) is 87.6 Å². The van der Waals surface area contributed by atoms with E-state index in [4.69, 9.17) is 0 Å². The summed E-state index contributed by atoms with van der Waals surface area (Å²) >= 11 is 0. The van der Waals surface area contributed by atoms with Crippen LogP contribution in [0.15, 0.2) is 30.5 Å². The Labute approximate surface area is 134 Å². The van der Waals surface area contributed by atoms with Gasteiger partial charge in [-0.1, -0.05) is 12.1 Å². The van der Waals surface area contributed by atoms with Crippen LogP contribution in [0, 0.1) is 13.8 Å². The molecule has 120 valence electrons. The molecule has 3 aromatic rings. The fourth-order valence-corrected chi connectivity index (χ4v) is 2.66. The second-order valence-corrected chi connectivity index (χ2v) is 5.70. The number of nitrogens with zero attached hydrogens (tertiary/aromatic N) is 3. The van der Waals surface area contributed by atoms with Gasteiger partial charge in [0.05, 0.1) is 29.1 Å². The molecule has 2 aromatic heterocycles. The number of benzene rings is 1. The maximum atomic E-state index is 12.1. The Balaban J connectivity index is 1.61. The molecule has 1 aromatic carbocycles. The minimum Gasteiger partial charge on any atom is -0.336 e. The second kappa shape index (κ2) is 6.12. The number of carbonyl (C=O) groups excluding carboxylic acids is 1. The van der Waals surface area contributed by atoms with E-state index in [1.54, 1.807) is 6.20 Å². The van der Waals surface area contributed by atoms with E-state index in [0.717, 1.165) is 22.3 Å². The molecule has 23 heavy (non-hydrogen) atoms. The Bertz CT molecular complexity index is 834. The van der Waals surface area contributed by atoms with Gasteiger partial charge in [0.1, 0.15) is 0 Å². The lowest BCUT2D eigenvalue weighted by Gasteiger charge is -2.15. The normalized spacial score (nSPS) is 12.3. The van der Waals surface area contributed by atoms with Crippen molar-refractivity contribution < 1.29 is 4.79 Å². The van der Waals surface area contributed by atoms with E-state index in [1.165, 1.54) is 0 Å². The number of aromatic amines is 1. The van der Waals surface area contributed by atoms with Crippen molar-refractivity contribution in [2.24, 2.45) is 0 Å². The van der Waals surface area contributed by atoms with Gasteiger partial charge in [0, 0.05) is 17.6 Å². The Hall–Kier alpha value is -2.83. The molecule has 3 rings (SSSR count). The third kappa shape index (κ3) is 3.18. The zero-order chi connectivity index (χ0) is 16.4. The molecule has 2 amide bonds. The summed E-state index contributed by atoms with van der Waals surface area (Å²) in [6, 6.07) is 7.51. The van der Waals surface area contributed by atoms with Crippen molar-refractivity contribution in [2.75, 3.05) is 11.9 Å². The van der Waals surface area contributed by atoms with Crippen molar-refractivity contribution in [3.63, 3.8) is 0 Å². The van der Waals surface area contributed by atoms with Crippen LogP contribution in [0.25, 0.3) is 10.9 Å². The van der Waals surface area contributed by atoms with Crippen LogP contribution in [-0.4, -0.2) is 32.6 Å². The predicted octanol–water partition coefficient (Wildman–Crippen LogP) is 2.76. The number of anilines is 1. The van der Waals surface area contributed by atoms with Gasteiger partial charge in [-0.2, -0.15) is 10.2 Å². The van der Waals surface area contributed by atoms with Crippen molar-refractivity contribution in [1.29, 1.82) is 0 Å². The van der Waals surface area contributed by atoms with Gasteiger partial charge in [-0.15, -0.1) is 0 Å². The monoisotopic (exact) mass is 312 g/mol. The van der Waals surface area contributed by atoms with Crippen LogP contribution in [0.3, 0.4) is 0 Å². The minimum absolute atomic E-state index is 0.0809. The van der Waals surface area contributed by atoms with Crippen molar-refractivity contribution in [3.8, 4) is 0 Å². The van der Waals surface area contributed by atoms with E-state index >= 15 is 0 Å². The van der Waals surface area contributed by atoms with Crippen molar-refractivity contribution >= 4 is 22.6 Å². The summed E-state index contributed by atoms with van der Waals surface area (Å²) in [5.41, 5.74) is 3.58. The summed E-state index contributed by atoms with van der Waals surface area (Å²) < 4.78 is 1.92. The van der Waals surface area contributed by atoms with E-state index < -0.39 is 0 Å². The van der Waals surface area contributed by atoms with Crippen LogP contribution in [0.2, 0.25) is 0 Å². The van der Waals surface area contributed by atoms with E-state index in [-0.39, 0.29) is 12.1 Å². The summed E-state index contributed by atoms with van der Waals surface area (Å²) in [6.45, 7) is 6.49. The van der Waals surface area contributed by atoms with Crippen LogP contribution in [-0.2, 0) is 0 Å². The summed E-state index contributed by atoms with van der Waals surface area (Å²) in [4.78, 5) is 12.1. The van der Waals surface area contributed by atoms with Gasteiger partial charge in [-0.05, 0) is 32.9 Å². The van der Waals surface area contributed by atoms with E-state index in [2.05, 4.69) is 25.9 Å². The summed E-state index contributed by atoms with van der Waals surface area (Å²) in [6.07, 6.45) is 1.73. The third-order valence-electron chi connectivity index (χ3n) is 3.75. The number of aromatic nitrogens is 4. The summed E-state index contributed by atoms with van der Waals surface area (Å²) in [5.74, 6) is 0. The molecular weight excluding hydrogens is 292 g/mol. The molecule has 0 saturated carbocycles. The highest BCUT2D eigenvalue weighted by atomic mass is 16.2. The fourth-order valence-electron chi connectivity index (χ4n) is 2.66. The van der Waals surface area contributed by atoms with Crippen LogP contribution < -0.4 is 10.6 Å². The average molecular weight is 312 g/mol. The lowest BCUT2D eigenvalue weighted by atomic mass is 10.2. The van der Waals surface area contributed by atoms with E-state index in [9.17, 15) is 4.79 Å². The first-order valence-corrected chi connectivity index (χ1v) is 7.54. The van der Waals surface area contributed by atoms with Gasteiger partial charge in [0.15, 0.2) is 0 Å². The molecule has 0 spiro atoms. The predicted molar refractivity (Wildman–Crippen MR) is 89.5 cm³/mol. The molecule has 7 nitrogen and oxygen atoms in total. The zero-order valence-corrected chi connectivity index (χ0v) is 13.4. The molecule has 0 saturated heterocycles. The molecule has 1 atom stereocenters. The van der Waals surface area contributed by atoms with Crippen molar-refractivity contribution in [3.05, 3.63) is 41.9 Å². The zero-order valence-electron chi connectivity index (χ0n) is 13.4. The Morgan fingerprint density at radius 2 is 2.22 bits per heavy atom. The first kappa shape index (κ1) is 15.1. The highest BCUT2D eigenvalue weighted by Gasteiger charge is 2.12. The van der Waals surface area contributed by atoms with Crippen LogP contribution in [0.4, 0.5) is 10.5 Å². The minimum atomic E-state index is -0.250. The molecule has 0 fully saturated rings. The van der Waals surface area contributed by atoms with Gasteiger partial charge in [-0.25, -0.2) is 4.79 Å². The Morgan fingerprint density at radius 3 is 2.96 bits per heavy atom. The number of aryl methyl sites for hydroxylation is 2. The maximum absolute atomic E-state index is 12.1. The largest absolute Gasteiger partial charge is 0.336 e. The standard InChI is InChI=1S/C16H20N6O/c1-10-7-11(2)22(21-10)12(3)8-17-16(23)19-14-6-4-5-13-9-18-20-15(13)14/h4-7,9,12H,8H2,1-3H3,(H,18,20)(H2,17,19,23)/t12-/m1/s1. The number of para-hydroxylation sites is 1. The maximum Gasteiger partial charge on any atom is 0.319 e. The van der Waals surface area contributed by atoms with Crippen molar-refractivity contribution in [1.82, 2.24) is 25.3 Å². The van der Waals surface area contributed by atoms with Gasteiger partial charge >= 0.3 is 6.03 Å². The second-order valence-electron chi connectivity index (χ2n) is 5.70. The molecule has 0 aliphatic rings. The summed E-state index contributed by atoms with van der Waals surface area (Å²) in [5, 5.41) is 18.0. The third-order valence-corrected chi connectivity index (χ3v) is 3.75. The number of urea groups is 1. The van der Waals surface area contributed by atoms with Gasteiger partial charge in [0.2, 0.25) is 0 Å². The highest BCUT2D eigenvalue weighted by molar-refractivity contribution is 5.99. The molecule has 0 unspecified atom stereocenters. The number of carbonyl (C=O) groups is 1. The number of rotatable bonds is 4. The van der Waals surface area contributed by atoms with Gasteiger partial charge < -0.3 is 10.6 Å². The summed E-state index contributed by atoms with van der Waals surface area (Å²) in [7, 11) is 0. The lowest BCUT2D eigenvalue weighted by molar-refractivity contribution is 0.250. The molecule has 7 heteroatoms. The van der Waals surface area contributed by atoms with Crippen LogP contribution >= 0.6 is 0 Å². The highest BCUT2D eigenvalue weighted by Crippen LogP contribution is 2.20. The Kier molecular flexibility index (Phi) is 4.01. The number of fused-ring (bicyclic) bond motifs is 1. The van der Waals surface area contributed by atoms with Crippen LogP contribution in [0.1, 0.15) is 24.4 Å². The first-order valence-electron chi connectivity index (χ1n) is 7.54. The number of hydrogen-bond acceptors (Lipinski definition) is 3. The smallest absolute Gasteiger partial charge is 0.319 e. The molecule has 3 N–H and O–H groups in total. The van der Waals surface area contributed by atoms with Gasteiger partial charge in [-0.3, -0.25) is 9.78 Å². The molecule has 0 aliphatic heterocycles. The Morgan fingerprint density at radius 1 is 1.39 bits per heavy atom. The number of amides is 2. The molecule has 2 heterocycles. The fraction of sp³-hybridized carbons (Fsp3) is 0.312. The number of nitrogens with one attached hydrogen (secondary N) is 3. The van der Waals surface area contributed by atoms with Crippen molar-refractivity contribution in [2.45, 2.75) is 26.8 Å². The number of hydrogen-bond donors (Lipinski definition) is 3. The van der Waals surface area contributed by atoms with E-state index in [1.807, 2.05) is 49.7 Å².